The fourth-order valence-corrected chi connectivity index (χ4v) is 6.52. The summed E-state index contributed by atoms with van der Waals surface area (Å²) in [7, 11) is -3.43. The monoisotopic (exact) mass is 432 g/mol. The molecule has 0 bridgehead atoms. The fraction of sp³-hybridized carbons (Fsp3) is 0.647. The summed E-state index contributed by atoms with van der Waals surface area (Å²) in [5.41, 5.74) is 0. The van der Waals surface area contributed by atoms with Crippen molar-refractivity contribution in [2.75, 3.05) is 37.7 Å². The maximum absolute atomic E-state index is 13.2. The van der Waals surface area contributed by atoms with Crippen LogP contribution >= 0.6 is 27.7 Å². The van der Waals surface area contributed by atoms with Crippen LogP contribution in [0, 0.1) is 0 Å². The first-order valence-corrected chi connectivity index (χ1v) is 12.0. The summed E-state index contributed by atoms with van der Waals surface area (Å²) in [6.07, 6.45) is 4.70. The second kappa shape index (κ2) is 8.54. The number of benzene rings is 1. The third-order valence-corrected chi connectivity index (χ3v) is 8.42. The molecule has 1 aromatic rings. The Kier molecular flexibility index (Phi) is 6.65. The number of piperidine rings is 1. The molecule has 1 atom stereocenters. The van der Waals surface area contributed by atoms with Crippen LogP contribution in [0.5, 0.6) is 0 Å². The molecule has 2 heterocycles. The van der Waals surface area contributed by atoms with Crippen molar-refractivity contribution in [2.24, 2.45) is 0 Å². The van der Waals surface area contributed by atoms with Gasteiger partial charge in [0.1, 0.15) is 0 Å². The van der Waals surface area contributed by atoms with E-state index < -0.39 is 10.0 Å². The molecule has 24 heavy (non-hydrogen) atoms. The van der Waals surface area contributed by atoms with E-state index >= 15 is 0 Å². The Bertz CT molecular complexity index is 630. The van der Waals surface area contributed by atoms with E-state index in [4.69, 9.17) is 0 Å². The van der Waals surface area contributed by atoms with E-state index in [1.54, 1.807) is 28.6 Å². The molecule has 0 N–H and O–H groups in total. The van der Waals surface area contributed by atoms with E-state index in [-0.39, 0.29) is 6.04 Å². The molecule has 0 spiro atoms. The predicted octanol–water partition coefficient (Wildman–Crippen LogP) is 3.43. The maximum atomic E-state index is 13.2. The van der Waals surface area contributed by atoms with E-state index in [1.165, 1.54) is 19.3 Å². The smallest absolute Gasteiger partial charge is 0.243 e. The zero-order chi connectivity index (χ0) is 17.0. The minimum absolute atomic E-state index is 0.0734. The van der Waals surface area contributed by atoms with Crippen molar-refractivity contribution >= 4 is 37.7 Å². The molecular formula is C17H25BrN2O2S2. The van der Waals surface area contributed by atoms with Crippen LogP contribution in [0.1, 0.15) is 25.7 Å². The lowest BCUT2D eigenvalue weighted by atomic mass is 10.1. The van der Waals surface area contributed by atoms with Crippen molar-refractivity contribution in [2.45, 2.75) is 36.6 Å². The van der Waals surface area contributed by atoms with Crippen molar-refractivity contribution in [1.82, 2.24) is 9.21 Å². The van der Waals surface area contributed by atoms with Crippen molar-refractivity contribution in [3.8, 4) is 0 Å². The van der Waals surface area contributed by atoms with Crippen molar-refractivity contribution in [1.29, 1.82) is 0 Å². The Hall–Kier alpha value is -0.0800. The van der Waals surface area contributed by atoms with Gasteiger partial charge in [-0.3, -0.25) is 0 Å². The molecule has 2 fully saturated rings. The average Bonchev–Trinajstić information content (AvgIpc) is 2.82. The van der Waals surface area contributed by atoms with Crippen molar-refractivity contribution < 1.29 is 8.42 Å². The number of sulfonamides is 1. The molecule has 1 unspecified atom stereocenters. The largest absolute Gasteiger partial charge is 0.302 e. The lowest BCUT2D eigenvalue weighted by molar-refractivity contribution is 0.183. The van der Waals surface area contributed by atoms with Gasteiger partial charge in [-0.25, -0.2) is 8.42 Å². The van der Waals surface area contributed by atoms with Crippen molar-refractivity contribution in [3.63, 3.8) is 0 Å². The van der Waals surface area contributed by atoms with Crippen LogP contribution in [0.25, 0.3) is 0 Å². The number of rotatable bonds is 4. The molecule has 4 nitrogen and oxygen atoms in total. The third-order valence-electron chi connectivity index (χ3n) is 4.72. The molecule has 0 amide bonds. The first-order chi connectivity index (χ1) is 11.6. The van der Waals surface area contributed by atoms with E-state index in [0.717, 1.165) is 42.0 Å². The summed E-state index contributed by atoms with van der Waals surface area (Å²) < 4.78 is 29.0. The number of thioether (sulfide) groups is 1. The lowest BCUT2D eigenvalue weighted by Crippen LogP contribution is -2.49. The molecule has 2 aliphatic heterocycles. The predicted molar refractivity (Wildman–Crippen MR) is 104 cm³/mol. The lowest BCUT2D eigenvalue weighted by Gasteiger charge is -2.35. The zero-order valence-electron chi connectivity index (χ0n) is 13.9. The van der Waals surface area contributed by atoms with E-state index in [0.29, 0.717) is 11.4 Å². The highest BCUT2D eigenvalue weighted by molar-refractivity contribution is 9.10. The van der Waals surface area contributed by atoms with Gasteiger partial charge < -0.3 is 4.90 Å². The molecule has 2 aliphatic rings. The molecule has 134 valence electrons. The quantitative estimate of drug-likeness (QED) is 0.730. The van der Waals surface area contributed by atoms with Gasteiger partial charge in [-0.15, -0.1) is 0 Å². The second-order valence-corrected chi connectivity index (χ2v) is 10.5. The Balaban J connectivity index is 1.81. The van der Waals surface area contributed by atoms with Crippen molar-refractivity contribution in [3.05, 3.63) is 28.7 Å². The average molecular weight is 433 g/mol. The molecular weight excluding hydrogens is 408 g/mol. The van der Waals surface area contributed by atoms with Crippen LogP contribution in [0.3, 0.4) is 0 Å². The molecule has 1 aromatic carbocycles. The van der Waals surface area contributed by atoms with Gasteiger partial charge >= 0.3 is 0 Å². The molecule has 3 rings (SSSR count). The topological polar surface area (TPSA) is 40.6 Å². The number of hydrogen-bond donors (Lipinski definition) is 0. The van der Waals surface area contributed by atoms with Crippen LogP contribution in [0.4, 0.5) is 0 Å². The molecule has 2 saturated heterocycles. The fourth-order valence-electron chi connectivity index (χ4n) is 3.45. The molecule has 0 saturated carbocycles. The molecule has 0 radical (unpaired) electrons. The minimum Gasteiger partial charge on any atom is -0.302 e. The summed E-state index contributed by atoms with van der Waals surface area (Å²) in [4.78, 5) is 2.85. The summed E-state index contributed by atoms with van der Waals surface area (Å²) in [6, 6.07) is 7.09. The van der Waals surface area contributed by atoms with E-state index in [9.17, 15) is 8.42 Å². The highest BCUT2D eigenvalue weighted by atomic mass is 79.9. The third kappa shape index (κ3) is 4.55. The highest BCUT2D eigenvalue weighted by Gasteiger charge is 2.33. The minimum atomic E-state index is -3.43. The summed E-state index contributed by atoms with van der Waals surface area (Å²) in [6.45, 7) is 3.70. The second-order valence-electron chi connectivity index (χ2n) is 6.51. The van der Waals surface area contributed by atoms with Crippen LogP contribution in [-0.4, -0.2) is 61.3 Å². The highest BCUT2D eigenvalue weighted by Crippen LogP contribution is 2.26. The number of hydrogen-bond acceptors (Lipinski definition) is 4. The number of halogens is 1. The number of nitrogens with zero attached hydrogens (tertiary/aromatic N) is 2. The Morgan fingerprint density at radius 1 is 1.04 bits per heavy atom. The van der Waals surface area contributed by atoms with Gasteiger partial charge in [0.2, 0.25) is 10.0 Å². The zero-order valence-corrected chi connectivity index (χ0v) is 17.1. The normalized spacial score (nSPS) is 24.6. The first-order valence-electron chi connectivity index (χ1n) is 8.65. The Morgan fingerprint density at radius 3 is 2.46 bits per heavy atom. The van der Waals surface area contributed by atoms with Gasteiger partial charge in [-0.05, 0) is 62.4 Å². The standard InChI is InChI=1S/C17H25BrN2O2S2/c18-15-5-7-17(8-6-15)24(21,22)20-11-4-12-23-14-16(20)13-19-9-2-1-3-10-19/h5-8,16H,1-4,9-14H2. The first kappa shape index (κ1) is 18.7. The van der Waals surface area contributed by atoms with Crippen LogP contribution in [0.2, 0.25) is 0 Å². The van der Waals surface area contributed by atoms with Crippen LogP contribution in [0.15, 0.2) is 33.6 Å². The van der Waals surface area contributed by atoms with Gasteiger partial charge in [0.25, 0.3) is 0 Å². The summed E-state index contributed by atoms with van der Waals surface area (Å²) >= 11 is 5.27. The van der Waals surface area contributed by atoms with Crippen LogP contribution in [-0.2, 0) is 10.0 Å². The van der Waals surface area contributed by atoms with Gasteiger partial charge in [0.05, 0.1) is 4.90 Å². The van der Waals surface area contributed by atoms with Gasteiger partial charge in [-0.2, -0.15) is 16.1 Å². The van der Waals surface area contributed by atoms with Gasteiger partial charge in [-0.1, -0.05) is 22.4 Å². The van der Waals surface area contributed by atoms with E-state index in [1.807, 2.05) is 11.8 Å². The SMILES string of the molecule is O=S(=O)(c1ccc(Br)cc1)N1CCCSCC1CN1CCCCC1. The van der Waals surface area contributed by atoms with Crippen LogP contribution < -0.4 is 0 Å². The Labute approximate surface area is 158 Å². The molecule has 0 aromatic heterocycles. The molecule has 7 heteroatoms. The van der Waals surface area contributed by atoms with Gasteiger partial charge in [0.15, 0.2) is 0 Å². The maximum Gasteiger partial charge on any atom is 0.243 e. The summed E-state index contributed by atoms with van der Waals surface area (Å²) in [5.74, 6) is 1.94. The molecule has 0 aliphatic carbocycles. The Morgan fingerprint density at radius 2 is 1.75 bits per heavy atom. The summed E-state index contributed by atoms with van der Waals surface area (Å²) in [5, 5.41) is 0. The number of likely N-dealkylation sites (tertiary alicyclic amines) is 1. The van der Waals surface area contributed by atoms with E-state index in [2.05, 4.69) is 20.8 Å². The van der Waals surface area contributed by atoms with Gasteiger partial charge in [0, 0.05) is 29.4 Å².